The Labute approximate surface area is 76.4 Å². The second-order valence-corrected chi connectivity index (χ2v) is 3.19. The van der Waals surface area contributed by atoms with Gasteiger partial charge in [-0.15, -0.1) is 0 Å². The van der Waals surface area contributed by atoms with Gasteiger partial charge in [-0.1, -0.05) is 6.92 Å². The number of anilines is 2. The average Bonchev–Trinajstić information content (AvgIpc) is 2.28. The van der Waals surface area contributed by atoms with Gasteiger partial charge in [0, 0.05) is 12.7 Å². The highest BCUT2D eigenvalue weighted by Crippen LogP contribution is 2.23. The summed E-state index contributed by atoms with van der Waals surface area (Å²) in [5.74, 6) is 0.0462. The van der Waals surface area contributed by atoms with Gasteiger partial charge in [0.15, 0.2) is 0 Å². The predicted molar refractivity (Wildman–Crippen MR) is 50.5 cm³/mol. The molecule has 4 heteroatoms. The molecule has 0 aromatic carbocycles. The van der Waals surface area contributed by atoms with Crippen molar-refractivity contribution in [2.75, 3.05) is 17.2 Å². The Balaban J connectivity index is 2.35. The number of hydrogen-bond donors (Lipinski definition) is 2. The molecule has 0 radical (unpaired) electrons. The maximum atomic E-state index is 11.4. The number of amides is 1. The van der Waals surface area contributed by atoms with Crippen LogP contribution in [0.15, 0.2) is 18.5 Å². The standard InChI is InChI=1S/C9H11N3O/c1-6-4-11-8-5-10-3-2-7(8)12-9(6)13/h2-3,5-6,11H,4H2,1H3,(H,12,13). The van der Waals surface area contributed by atoms with Crippen LogP contribution in [0.3, 0.4) is 0 Å². The molecule has 0 fully saturated rings. The minimum atomic E-state index is -0.00704. The highest BCUT2D eigenvalue weighted by Gasteiger charge is 2.18. The van der Waals surface area contributed by atoms with E-state index in [1.807, 2.05) is 6.92 Å². The van der Waals surface area contributed by atoms with Crippen molar-refractivity contribution in [1.29, 1.82) is 0 Å². The average molecular weight is 177 g/mol. The van der Waals surface area contributed by atoms with Gasteiger partial charge in [0.1, 0.15) is 0 Å². The van der Waals surface area contributed by atoms with Crippen LogP contribution in [0, 0.1) is 5.92 Å². The zero-order valence-corrected chi connectivity index (χ0v) is 7.37. The van der Waals surface area contributed by atoms with Crippen LogP contribution in [0.4, 0.5) is 11.4 Å². The third-order valence-electron chi connectivity index (χ3n) is 2.13. The first kappa shape index (κ1) is 8.04. The molecule has 1 aromatic rings. The summed E-state index contributed by atoms with van der Waals surface area (Å²) in [7, 11) is 0. The maximum absolute atomic E-state index is 11.4. The molecule has 0 saturated carbocycles. The Hall–Kier alpha value is -1.58. The SMILES string of the molecule is CC1CNc2cnccc2NC1=O. The minimum absolute atomic E-state index is 0.00704. The summed E-state index contributed by atoms with van der Waals surface area (Å²) in [6.07, 6.45) is 3.38. The minimum Gasteiger partial charge on any atom is -0.381 e. The van der Waals surface area contributed by atoms with E-state index < -0.39 is 0 Å². The molecular weight excluding hydrogens is 166 g/mol. The molecule has 0 saturated heterocycles. The Kier molecular flexibility index (Phi) is 1.88. The highest BCUT2D eigenvalue weighted by molar-refractivity contribution is 5.97. The lowest BCUT2D eigenvalue weighted by molar-refractivity contribution is -0.118. The van der Waals surface area contributed by atoms with E-state index in [2.05, 4.69) is 15.6 Å². The van der Waals surface area contributed by atoms with Crippen LogP contribution in [-0.4, -0.2) is 17.4 Å². The van der Waals surface area contributed by atoms with E-state index in [0.29, 0.717) is 6.54 Å². The van der Waals surface area contributed by atoms with Gasteiger partial charge in [-0.05, 0) is 6.07 Å². The van der Waals surface area contributed by atoms with E-state index in [1.165, 1.54) is 0 Å². The van der Waals surface area contributed by atoms with Crippen molar-refractivity contribution in [2.45, 2.75) is 6.92 Å². The molecule has 68 valence electrons. The molecule has 1 amide bonds. The van der Waals surface area contributed by atoms with Crippen LogP contribution in [0.2, 0.25) is 0 Å². The molecule has 1 aliphatic heterocycles. The first-order valence-electron chi connectivity index (χ1n) is 4.26. The molecule has 0 spiro atoms. The van der Waals surface area contributed by atoms with Gasteiger partial charge < -0.3 is 10.6 Å². The summed E-state index contributed by atoms with van der Waals surface area (Å²) in [6.45, 7) is 2.55. The number of rotatable bonds is 0. The van der Waals surface area contributed by atoms with E-state index >= 15 is 0 Å². The molecule has 13 heavy (non-hydrogen) atoms. The number of hydrogen-bond acceptors (Lipinski definition) is 3. The van der Waals surface area contributed by atoms with E-state index in [9.17, 15) is 4.79 Å². The quantitative estimate of drug-likeness (QED) is 0.623. The van der Waals surface area contributed by atoms with E-state index in [0.717, 1.165) is 11.4 Å². The predicted octanol–water partition coefficient (Wildman–Crippen LogP) is 1.08. The van der Waals surface area contributed by atoms with Crippen LogP contribution in [-0.2, 0) is 4.79 Å². The van der Waals surface area contributed by atoms with Gasteiger partial charge in [0.2, 0.25) is 5.91 Å². The van der Waals surface area contributed by atoms with Crippen LogP contribution in [0.25, 0.3) is 0 Å². The lowest BCUT2D eigenvalue weighted by atomic mass is 10.2. The van der Waals surface area contributed by atoms with Crippen molar-refractivity contribution in [3.05, 3.63) is 18.5 Å². The maximum Gasteiger partial charge on any atom is 0.229 e. The molecular formula is C9H11N3O. The molecule has 4 nitrogen and oxygen atoms in total. The fourth-order valence-electron chi connectivity index (χ4n) is 1.26. The molecule has 1 aromatic heterocycles. The number of carbonyl (C=O) groups is 1. The molecule has 1 unspecified atom stereocenters. The van der Waals surface area contributed by atoms with Crippen LogP contribution in [0.5, 0.6) is 0 Å². The van der Waals surface area contributed by atoms with Crippen molar-refractivity contribution >= 4 is 17.3 Å². The van der Waals surface area contributed by atoms with Crippen molar-refractivity contribution in [3.63, 3.8) is 0 Å². The number of fused-ring (bicyclic) bond motifs is 1. The number of aromatic nitrogens is 1. The van der Waals surface area contributed by atoms with Gasteiger partial charge in [-0.3, -0.25) is 9.78 Å². The van der Waals surface area contributed by atoms with Crippen LogP contribution < -0.4 is 10.6 Å². The van der Waals surface area contributed by atoms with Gasteiger partial charge in [0.25, 0.3) is 0 Å². The van der Waals surface area contributed by atoms with Crippen molar-refractivity contribution in [3.8, 4) is 0 Å². The second-order valence-electron chi connectivity index (χ2n) is 3.19. The van der Waals surface area contributed by atoms with E-state index in [4.69, 9.17) is 0 Å². The summed E-state index contributed by atoms with van der Waals surface area (Å²) < 4.78 is 0. The fourth-order valence-corrected chi connectivity index (χ4v) is 1.26. The lowest BCUT2D eigenvalue weighted by Gasteiger charge is -2.04. The summed E-state index contributed by atoms with van der Waals surface area (Å²) in [4.78, 5) is 15.4. The van der Waals surface area contributed by atoms with Gasteiger partial charge in [-0.25, -0.2) is 0 Å². The normalized spacial score (nSPS) is 21.0. The molecule has 0 aliphatic carbocycles. The number of pyridine rings is 1. The fraction of sp³-hybridized carbons (Fsp3) is 0.333. The smallest absolute Gasteiger partial charge is 0.229 e. The summed E-state index contributed by atoms with van der Waals surface area (Å²) in [5, 5.41) is 5.99. The molecule has 0 bridgehead atoms. The Morgan fingerprint density at radius 1 is 1.54 bits per heavy atom. The first-order chi connectivity index (χ1) is 6.27. The molecule has 1 aliphatic rings. The van der Waals surface area contributed by atoms with Gasteiger partial charge in [0.05, 0.1) is 23.5 Å². The van der Waals surface area contributed by atoms with Crippen molar-refractivity contribution in [2.24, 2.45) is 5.92 Å². The Morgan fingerprint density at radius 3 is 3.23 bits per heavy atom. The molecule has 2 N–H and O–H groups in total. The monoisotopic (exact) mass is 177 g/mol. The van der Waals surface area contributed by atoms with Gasteiger partial charge >= 0.3 is 0 Å². The first-order valence-corrected chi connectivity index (χ1v) is 4.26. The Bertz CT molecular complexity index is 337. The summed E-state index contributed by atoms with van der Waals surface area (Å²) in [6, 6.07) is 1.79. The number of nitrogens with one attached hydrogen (secondary N) is 2. The lowest BCUT2D eigenvalue weighted by Crippen LogP contribution is -2.22. The number of carbonyl (C=O) groups excluding carboxylic acids is 1. The van der Waals surface area contributed by atoms with Gasteiger partial charge in [-0.2, -0.15) is 0 Å². The third kappa shape index (κ3) is 1.47. The van der Waals surface area contributed by atoms with Crippen LogP contribution in [0.1, 0.15) is 6.92 Å². The van der Waals surface area contributed by atoms with Crippen molar-refractivity contribution in [1.82, 2.24) is 4.98 Å². The van der Waals surface area contributed by atoms with E-state index in [-0.39, 0.29) is 11.8 Å². The number of nitrogens with zero attached hydrogens (tertiary/aromatic N) is 1. The zero-order valence-electron chi connectivity index (χ0n) is 7.37. The Morgan fingerprint density at radius 2 is 2.38 bits per heavy atom. The highest BCUT2D eigenvalue weighted by atomic mass is 16.1. The zero-order chi connectivity index (χ0) is 9.26. The topological polar surface area (TPSA) is 54.0 Å². The van der Waals surface area contributed by atoms with Crippen molar-refractivity contribution < 1.29 is 4.79 Å². The molecule has 2 rings (SSSR count). The second kappa shape index (κ2) is 3.05. The summed E-state index contributed by atoms with van der Waals surface area (Å²) in [5.41, 5.74) is 1.70. The molecule has 2 heterocycles. The third-order valence-corrected chi connectivity index (χ3v) is 2.13. The largest absolute Gasteiger partial charge is 0.381 e. The summed E-state index contributed by atoms with van der Waals surface area (Å²) >= 11 is 0. The van der Waals surface area contributed by atoms with E-state index in [1.54, 1.807) is 18.5 Å². The molecule has 1 atom stereocenters. The van der Waals surface area contributed by atoms with Crippen LogP contribution >= 0.6 is 0 Å².